The molecule has 0 radical (unpaired) electrons. The van der Waals surface area contributed by atoms with Crippen LogP contribution in [0.5, 0.6) is 5.75 Å². The summed E-state index contributed by atoms with van der Waals surface area (Å²) >= 11 is 0. The van der Waals surface area contributed by atoms with Crippen LogP contribution in [0, 0.1) is 23.7 Å². The number of carboxylic acids is 1. The van der Waals surface area contributed by atoms with E-state index in [0.29, 0.717) is 24.4 Å². The normalized spacial score (nSPS) is 31.8. The summed E-state index contributed by atoms with van der Waals surface area (Å²) in [5.74, 6) is -3.98. The number of nitrogens with one attached hydrogen (secondary N) is 1. The number of aliphatic carboxylic acids is 1. The molecule has 3 aromatic rings. The number of carboxylic acid groups (broad SMARTS) is 1. The van der Waals surface area contributed by atoms with Crippen LogP contribution in [0.2, 0.25) is 0 Å². The number of amides is 1. The van der Waals surface area contributed by atoms with E-state index >= 15 is 8.78 Å². The van der Waals surface area contributed by atoms with Crippen LogP contribution in [0.1, 0.15) is 124 Å². The molecule has 52 heavy (non-hydrogen) atoms. The second-order valence-electron chi connectivity index (χ2n) is 16.8. The molecule has 3 heterocycles. The second-order valence-corrected chi connectivity index (χ2v) is 16.8. The monoisotopic (exact) mass is 715 g/mol. The highest BCUT2D eigenvalue weighted by molar-refractivity contribution is 5.99. The van der Waals surface area contributed by atoms with Crippen LogP contribution < -0.4 is 15.0 Å². The van der Waals surface area contributed by atoms with Crippen LogP contribution >= 0.6 is 0 Å². The number of aromatic nitrogens is 5. The first kappa shape index (κ1) is 33.7. The van der Waals surface area contributed by atoms with Gasteiger partial charge in [0.25, 0.3) is 11.8 Å². The zero-order chi connectivity index (χ0) is 35.8. The fraction of sp³-hybridized carbons (Fsp3) is 0.641. The topological polar surface area (TPSA) is 135 Å². The number of fused-ring (bicyclic) bond motifs is 2. The highest BCUT2D eigenvalue weighted by Gasteiger charge is 2.62. The van der Waals surface area contributed by atoms with Gasteiger partial charge in [0.2, 0.25) is 5.95 Å². The van der Waals surface area contributed by atoms with Crippen molar-refractivity contribution < 1.29 is 28.2 Å². The highest BCUT2D eigenvalue weighted by atomic mass is 19.3. The summed E-state index contributed by atoms with van der Waals surface area (Å²) < 4.78 is 39.4. The Kier molecular flexibility index (Phi) is 8.07. The van der Waals surface area contributed by atoms with Gasteiger partial charge in [-0.3, -0.25) is 4.79 Å². The first-order valence-electron chi connectivity index (χ1n) is 19.3. The predicted octanol–water partition coefficient (Wildman–Crippen LogP) is 7.11. The lowest BCUT2D eigenvalue weighted by atomic mass is 9.48. The number of anilines is 2. The molecule has 0 unspecified atom stereocenters. The van der Waals surface area contributed by atoms with E-state index in [1.54, 1.807) is 6.20 Å². The summed E-state index contributed by atoms with van der Waals surface area (Å²) in [5, 5.41) is 21.5. The molecule has 0 atom stereocenters. The molecule has 2 N–H and O–H groups in total. The van der Waals surface area contributed by atoms with E-state index in [1.807, 2.05) is 27.9 Å². The number of carbonyl (C=O) groups is 2. The van der Waals surface area contributed by atoms with E-state index in [0.717, 1.165) is 114 Å². The summed E-state index contributed by atoms with van der Waals surface area (Å²) in [7, 11) is 0. The number of hydrogen-bond donors (Lipinski definition) is 2. The third kappa shape index (κ3) is 5.55. The Morgan fingerprint density at radius 1 is 1.00 bits per heavy atom. The molecular formula is C39H47F2N7O4. The van der Waals surface area contributed by atoms with Crippen molar-refractivity contribution in [2.45, 2.75) is 126 Å². The van der Waals surface area contributed by atoms with Gasteiger partial charge in [-0.25, -0.2) is 19.4 Å². The number of ether oxygens (including phenoxy) is 1. The largest absolute Gasteiger partial charge is 0.490 e. The molecule has 13 heteroatoms. The van der Waals surface area contributed by atoms with Crippen molar-refractivity contribution in [3.05, 3.63) is 53.6 Å². The summed E-state index contributed by atoms with van der Waals surface area (Å²) in [6.07, 6.45) is 17.9. The van der Waals surface area contributed by atoms with E-state index in [4.69, 9.17) is 4.74 Å². The first-order chi connectivity index (χ1) is 25.0. The van der Waals surface area contributed by atoms with Crippen molar-refractivity contribution in [3.8, 4) is 5.75 Å². The van der Waals surface area contributed by atoms with Gasteiger partial charge in [0, 0.05) is 37.0 Å². The minimum absolute atomic E-state index is 0.0909. The molecule has 6 aliphatic carbocycles. The van der Waals surface area contributed by atoms with Gasteiger partial charge in [-0.05, 0) is 118 Å². The smallest absolute Gasteiger partial charge is 0.330 e. The maximum Gasteiger partial charge on any atom is 0.330 e. The van der Waals surface area contributed by atoms with Crippen LogP contribution in [0.15, 0.2) is 36.8 Å². The van der Waals surface area contributed by atoms with E-state index in [1.165, 1.54) is 6.20 Å². The minimum Gasteiger partial charge on any atom is -0.490 e. The van der Waals surface area contributed by atoms with Crippen molar-refractivity contribution in [1.29, 1.82) is 0 Å². The molecule has 4 bridgehead atoms. The first-order valence-corrected chi connectivity index (χ1v) is 19.3. The quantitative estimate of drug-likeness (QED) is 0.250. The molecule has 1 amide bonds. The van der Waals surface area contributed by atoms with Crippen molar-refractivity contribution in [2.24, 2.45) is 23.7 Å². The van der Waals surface area contributed by atoms with Crippen molar-refractivity contribution in [2.75, 3.05) is 11.4 Å². The SMILES string of the molecule is CC(F)(F)c1nc(N2CC3(CCCCC3)c3cc(OC4CCC(n5ccnn5)CC4)ccc32)ncc1C(=O)NC1(C(=O)O)C2CC3CC(C2)CC1C3. The Bertz CT molecular complexity index is 1820. The van der Waals surface area contributed by atoms with E-state index in [9.17, 15) is 14.7 Å². The number of nitrogens with zero attached hydrogens (tertiary/aromatic N) is 6. The maximum absolute atomic E-state index is 15.5. The standard InChI is InChI=1S/C39H47F2N7O4/c1-37(40,41)33-30(34(49)45-39(35(50)51)25-16-23-15-24(18-25)19-26(39)17-23)21-42-36(44-33)47-22-38(11-3-2-4-12-38)31-20-29(9-10-32(31)47)52-28-7-5-27(6-8-28)48-14-13-43-46-48/h9-10,13-14,20-21,23-28H,2-8,11-12,15-19,22H2,1H3,(H,45,49)(H,50,51). The molecule has 1 aliphatic heterocycles. The summed E-state index contributed by atoms with van der Waals surface area (Å²) in [6, 6.07) is 6.41. The lowest BCUT2D eigenvalue weighted by molar-refractivity contribution is -0.163. The third-order valence-electron chi connectivity index (χ3n) is 13.6. The molecular weight excluding hydrogens is 668 g/mol. The fourth-order valence-electron chi connectivity index (χ4n) is 11.4. The van der Waals surface area contributed by atoms with Gasteiger partial charge in [0.05, 0.1) is 23.9 Å². The molecule has 6 saturated carbocycles. The van der Waals surface area contributed by atoms with Gasteiger partial charge in [0.15, 0.2) is 0 Å². The zero-order valence-electron chi connectivity index (χ0n) is 29.6. The number of carbonyl (C=O) groups excluding carboxylic acids is 1. The molecule has 11 nitrogen and oxygen atoms in total. The Labute approximate surface area is 301 Å². The predicted molar refractivity (Wildman–Crippen MR) is 187 cm³/mol. The van der Waals surface area contributed by atoms with Gasteiger partial charge in [-0.2, -0.15) is 8.78 Å². The molecule has 2 aromatic heterocycles. The Balaban J connectivity index is 0.996. The minimum atomic E-state index is -3.47. The highest BCUT2D eigenvalue weighted by Crippen LogP contribution is 2.59. The Morgan fingerprint density at radius 2 is 1.71 bits per heavy atom. The molecule has 6 fully saturated rings. The van der Waals surface area contributed by atoms with Crippen molar-refractivity contribution in [3.63, 3.8) is 0 Å². The number of rotatable bonds is 8. The number of halogens is 2. The van der Waals surface area contributed by atoms with Crippen molar-refractivity contribution >= 4 is 23.5 Å². The molecule has 7 aliphatic rings. The van der Waals surface area contributed by atoms with Gasteiger partial charge in [0.1, 0.15) is 17.0 Å². The Morgan fingerprint density at radius 3 is 2.35 bits per heavy atom. The molecule has 1 spiro atoms. The van der Waals surface area contributed by atoms with Crippen LogP contribution in [-0.2, 0) is 16.1 Å². The second kappa shape index (κ2) is 12.5. The van der Waals surface area contributed by atoms with Crippen LogP contribution in [-0.4, -0.2) is 60.1 Å². The van der Waals surface area contributed by atoms with E-state index < -0.39 is 29.0 Å². The van der Waals surface area contributed by atoms with Gasteiger partial charge in [-0.15, -0.1) is 5.10 Å². The molecule has 10 rings (SSSR count). The molecule has 1 aromatic carbocycles. The van der Waals surface area contributed by atoms with Crippen LogP contribution in [0.4, 0.5) is 20.4 Å². The van der Waals surface area contributed by atoms with E-state index in [-0.39, 0.29) is 34.9 Å². The third-order valence-corrected chi connectivity index (χ3v) is 13.6. The summed E-state index contributed by atoms with van der Waals surface area (Å²) in [6.45, 7) is 1.28. The number of benzene rings is 1. The number of hydrogen-bond acceptors (Lipinski definition) is 8. The average molecular weight is 716 g/mol. The Hall–Kier alpha value is -4.16. The van der Waals surface area contributed by atoms with Crippen LogP contribution in [0.3, 0.4) is 0 Å². The lowest BCUT2D eigenvalue weighted by Gasteiger charge is -2.59. The van der Waals surface area contributed by atoms with E-state index in [2.05, 4.69) is 31.7 Å². The maximum atomic E-state index is 15.5. The lowest BCUT2D eigenvalue weighted by Crippen LogP contribution is -2.70. The average Bonchev–Trinajstić information content (AvgIpc) is 3.77. The van der Waals surface area contributed by atoms with Gasteiger partial charge >= 0.3 is 5.97 Å². The summed E-state index contributed by atoms with van der Waals surface area (Å²) in [5.41, 5.74) is -0.737. The summed E-state index contributed by atoms with van der Waals surface area (Å²) in [4.78, 5) is 37.8. The van der Waals surface area contributed by atoms with Gasteiger partial charge < -0.3 is 20.1 Å². The fourth-order valence-corrected chi connectivity index (χ4v) is 11.4. The van der Waals surface area contributed by atoms with Gasteiger partial charge in [-0.1, -0.05) is 24.5 Å². The number of alkyl halides is 2. The molecule has 276 valence electrons. The van der Waals surface area contributed by atoms with Crippen LogP contribution in [0.25, 0.3) is 0 Å². The molecule has 0 saturated heterocycles. The zero-order valence-corrected chi connectivity index (χ0v) is 29.6. The van der Waals surface area contributed by atoms with Crippen molar-refractivity contribution in [1.82, 2.24) is 30.3 Å².